The third-order valence-electron chi connectivity index (χ3n) is 4.62. The summed E-state index contributed by atoms with van der Waals surface area (Å²) in [5.41, 5.74) is 0.705. The third-order valence-corrected chi connectivity index (χ3v) is 6.53. The molecule has 1 fully saturated rings. The van der Waals surface area contributed by atoms with Crippen LogP contribution in [0.2, 0.25) is 0 Å². The van der Waals surface area contributed by atoms with Crippen LogP contribution in [0, 0.1) is 0 Å². The first-order valence-electron chi connectivity index (χ1n) is 9.88. The number of carbonyl (C=O) groups excluding carboxylic acids is 3. The molecule has 1 aliphatic heterocycles. The van der Waals surface area contributed by atoms with Crippen molar-refractivity contribution in [1.29, 1.82) is 0 Å². The average molecular weight is 465 g/mol. The summed E-state index contributed by atoms with van der Waals surface area (Å²) in [4.78, 5) is 35.5. The summed E-state index contributed by atoms with van der Waals surface area (Å²) in [7, 11) is -3.57. The SMILES string of the molecule is O=C(CNC(=O)CNC(=O)c1ccco1)NCc1ccc(S(=O)(=O)N2CCOCC2)cc1. The molecule has 3 N–H and O–H groups in total. The van der Waals surface area contributed by atoms with Gasteiger partial charge in [-0.25, -0.2) is 8.42 Å². The largest absolute Gasteiger partial charge is 0.459 e. The lowest BCUT2D eigenvalue weighted by molar-refractivity contribution is -0.125. The number of benzene rings is 1. The Morgan fingerprint density at radius 2 is 1.56 bits per heavy atom. The first kappa shape index (κ1) is 23.4. The molecule has 1 aromatic carbocycles. The Labute approximate surface area is 185 Å². The van der Waals surface area contributed by atoms with Crippen molar-refractivity contribution < 1.29 is 32.0 Å². The number of morpholine rings is 1. The van der Waals surface area contributed by atoms with Gasteiger partial charge in [0.25, 0.3) is 5.91 Å². The molecule has 32 heavy (non-hydrogen) atoms. The van der Waals surface area contributed by atoms with Gasteiger partial charge < -0.3 is 25.1 Å². The van der Waals surface area contributed by atoms with Crippen LogP contribution in [0.15, 0.2) is 52.0 Å². The zero-order chi connectivity index (χ0) is 23.0. The number of hydrogen-bond donors (Lipinski definition) is 3. The Morgan fingerprint density at radius 3 is 2.22 bits per heavy atom. The maximum Gasteiger partial charge on any atom is 0.287 e. The molecule has 2 aromatic rings. The van der Waals surface area contributed by atoms with Gasteiger partial charge in [-0.05, 0) is 29.8 Å². The maximum atomic E-state index is 12.6. The molecule has 0 aliphatic carbocycles. The van der Waals surface area contributed by atoms with E-state index in [1.165, 1.54) is 28.8 Å². The van der Waals surface area contributed by atoms with Gasteiger partial charge in [-0.15, -0.1) is 0 Å². The number of nitrogens with zero attached hydrogens (tertiary/aromatic N) is 1. The Bertz CT molecular complexity index is 1030. The van der Waals surface area contributed by atoms with Crippen LogP contribution in [0.4, 0.5) is 0 Å². The molecule has 3 amide bonds. The summed E-state index contributed by atoms with van der Waals surface area (Å²) in [6.07, 6.45) is 1.34. The first-order chi connectivity index (χ1) is 15.4. The molecule has 0 atom stereocenters. The minimum absolute atomic E-state index is 0.0827. The lowest BCUT2D eigenvalue weighted by atomic mass is 10.2. The molecule has 11 nitrogen and oxygen atoms in total. The number of carbonyl (C=O) groups is 3. The van der Waals surface area contributed by atoms with Crippen LogP contribution in [0.1, 0.15) is 16.1 Å². The topological polar surface area (TPSA) is 147 Å². The van der Waals surface area contributed by atoms with Crippen molar-refractivity contribution in [1.82, 2.24) is 20.3 Å². The number of ether oxygens (including phenoxy) is 1. The van der Waals surface area contributed by atoms with Crippen molar-refractivity contribution in [2.45, 2.75) is 11.4 Å². The van der Waals surface area contributed by atoms with E-state index in [-0.39, 0.29) is 30.3 Å². The van der Waals surface area contributed by atoms with Crippen LogP contribution < -0.4 is 16.0 Å². The molecule has 2 heterocycles. The highest BCUT2D eigenvalue weighted by Gasteiger charge is 2.26. The van der Waals surface area contributed by atoms with E-state index in [0.717, 1.165) is 0 Å². The standard InChI is InChI=1S/C20H24N4O7S/c25-18(13-22-19(26)14-23-20(27)17-2-1-9-31-17)21-12-15-3-5-16(6-4-15)32(28,29)24-7-10-30-11-8-24/h1-6,9H,7-8,10-14H2,(H,21,25)(H,22,26)(H,23,27). The van der Waals surface area contributed by atoms with Gasteiger partial charge in [0, 0.05) is 19.6 Å². The summed E-state index contributed by atoms with van der Waals surface area (Å²) in [5, 5.41) is 7.40. The molecule has 1 aliphatic rings. The second-order valence-electron chi connectivity index (χ2n) is 6.87. The van der Waals surface area contributed by atoms with Crippen molar-refractivity contribution in [2.75, 3.05) is 39.4 Å². The molecule has 12 heteroatoms. The monoisotopic (exact) mass is 464 g/mol. The number of amides is 3. The van der Waals surface area contributed by atoms with Gasteiger partial charge in [0.1, 0.15) is 0 Å². The van der Waals surface area contributed by atoms with E-state index in [9.17, 15) is 22.8 Å². The van der Waals surface area contributed by atoms with Gasteiger partial charge in [-0.2, -0.15) is 4.31 Å². The summed E-state index contributed by atoms with van der Waals surface area (Å²) < 4.78 is 36.7. The van der Waals surface area contributed by atoms with Crippen molar-refractivity contribution in [3.63, 3.8) is 0 Å². The second kappa shape index (κ2) is 10.9. The first-order valence-corrected chi connectivity index (χ1v) is 11.3. The van der Waals surface area contributed by atoms with Crippen molar-refractivity contribution in [3.05, 3.63) is 54.0 Å². The molecule has 3 rings (SSSR count). The van der Waals surface area contributed by atoms with Crippen molar-refractivity contribution in [3.8, 4) is 0 Å². The molecule has 0 radical (unpaired) electrons. The van der Waals surface area contributed by atoms with E-state index < -0.39 is 27.7 Å². The smallest absolute Gasteiger partial charge is 0.287 e. The van der Waals surface area contributed by atoms with Crippen molar-refractivity contribution >= 4 is 27.7 Å². The van der Waals surface area contributed by atoms with Crippen LogP contribution >= 0.6 is 0 Å². The summed E-state index contributed by atoms with van der Waals surface area (Å²) in [5.74, 6) is -1.41. The van der Waals surface area contributed by atoms with E-state index in [1.54, 1.807) is 18.2 Å². The lowest BCUT2D eigenvalue weighted by Crippen LogP contribution is -2.41. The third kappa shape index (κ3) is 6.39. The van der Waals surface area contributed by atoms with Crippen LogP contribution in [-0.4, -0.2) is 69.8 Å². The van der Waals surface area contributed by atoms with Gasteiger partial charge in [0.2, 0.25) is 21.8 Å². The van der Waals surface area contributed by atoms with E-state index in [4.69, 9.17) is 9.15 Å². The van der Waals surface area contributed by atoms with Gasteiger partial charge >= 0.3 is 0 Å². The Hall–Kier alpha value is -3.22. The van der Waals surface area contributed by atoms with Crippen molar-refractivity contribution in [2.24, 2.45) is 0 Å². The molecule has 0 bridgehead atoms. The number of nitrogens with one attached hydrogen (secondary N) is 3. The normalized spacial score (nSPS) is 14.5. The van der Waals surface area contributed by atoms with Gasteiger partial charge in [0.15, 0.2) is 5.76 Å². The Kier molecular flexibility index (Phi) is 7.98. The summed E-state index contributed by atoms with van der Waals surface area (Å²) in [6.45, 7) is 0.982. The van der Waals surface area contributed by atoms with Crippen LogP contribution in [0.3, 0.4) is 0 Å². The zero-order valence-corrected chi connectivity index (χ0v) is 18.0. The minimum atomic E-state index is -3.57. The van der Waals surface area contributed by atoms with Crippen LogP contribution in [-0.2, 0) is 30.9 Å². The van der Waals surface area contributed by atoms with Gasteiger partial charge in [-0.3, -0.25) is 14.4 Å². The highest BCUT2D eigenvalue weighted by atomic mass is 32.2. The fraction of sp³-hybridized carbons (Fsp3) is 0.350. The predicted octanol–water partition coefficient (Wildman–Crippen LogP) is -0.537. The average Bonchev–Trinajstić information content (AvgIpc) is 3.36. The van der Waals surface area contributed by atoms with Crippen LogP contribution in [0.5, 0.6) is 0 Å². The highest BCUT2D eigenvalue weighted by molar-refractivity contribution is 7.89. The Balaban J connectivity index is 1.39. The van der Waals surface area contributed by atoms with E-state index in [2.05, 4.69) is 16.0 Å². The Morgan fingerprint density at radius 1 is 0.906 bits per heavy atom. The maximum absolute atomic E-state index is 12.6. The van der Waals surface area contributed by atoms with E-state index >= 15 is 0 Å². The van der Waals surface area contributed by atoms with Gasteiger partial charge in [0.05, 0.1) is 37.5 Å². The quantitative estimate of drug-likeness (QED) is 0.452. The minimum Gasteiger partial charge on any atom is -0.459 e. The number of furan rings is 1. The van der Waals surface area contributed by atoms with E-state index in [1.807, 2.05) is 0 Å². The molecule has 0 unspecified atom stereocenters. The summed E-state index contributed by atoms with van der Waals surface area (Å²) >= 11 is 0. The molecule has 0 saturated carbocycles. The highest BCUT2D eigenvalue weighted by Crippen LogP contribution is 2.17. The lowest BCUT2D eigenvalue weighted by Gasteiger charge is -2.26. The fourth-order valence-corrected chi connectivity index (χ4v) is 4.28. The van der Waals surface area contributed by atoms with E-state index in [0.29, 0.717) is 31.9 Å². The van der Waals surface area contributed by atoms with Crippen LogP contribution in [0.25, 0.3) is 0 Å². The number of sulfonamides is 1. The summed E-state index contributed by atoms with van der Waals surface area (Å²) in [6, 6.07) is 9.25. The van der Waals surface area contributed by atoms with Gasteiger partial charge in [-0.1, -0.05) is 12.1 Å². The zero-order valence-electron chi connectivity index (χ0n) is 17.2. The second-order valence-corrected chi connectivity index (χ2v) is 8.81. The molecule has 1 aromatic heterocycles. The number of rotatable bonds is 9. The molecule has 1 saturated heterocycles. The number of hydrogen-bond acceptors (Lipinski definition) is 7. The fourth-order valence-electron chi connectivity index (χ4n) is 2.88. The molecule has 0 spiro atoms. The molecular formula is C20H24N4O7S. The predicted molar refractivity (Wildman–Crippen MR) is 112 cm³/mol. The molecular weight excluding hydrogens is 440 g/mol. The molecule has 172 valence electrons.